The molecule has 2 rings (SSSR count). The largest absolute Gasteiger partial charge is 0.487 e. The van der Waals surface area contributed by atoms with Crippen LogP contribution < -0.4 is 4.74 Å². The van der Waals surface area contributed by atoms with Crippen molar-refractivity contribution in [1.29, 1.82) is 0 Å². The van der Waals surface area contributed by atoms with Crippen molar-refractivity contribution in [3.8, 4) is 5.75 Å². The van der Waals surface area contributed by atoms with Gasteiger partial charge in [-0.15, -0.1) is 0 Å². The monoisotopic (exact) mass is 348 g/mol. The molecule has 1 saturated heterocycles. The first-order valence-electron chi connectivity index (χ1n) is 5.23. The number of benzene rings is 1. The normalized spacial score (nSPS) is 17.5. The van der Waals surface area contributed by atoms with Crippen molar-refractivity contribution in [2.24, 2.45) is 0 Å². The minimum Gasteiger partial charge on any atom is -0.487 e. The van der Waals surface area contributed by atoms with Crippen molar-refractivity contribution in [1.82, 2.24) is 0 Å². The molecule has 1 N–H and O–H groups in total. The van der Waals surface area contributed by atoms with Gasteiger partial charge in [-0.05, 0) is 34.1 Å². The zero-order valence-corrected chi connectivity index (χ0v) is 11.9. The Kier molecular flexibility index (Phi) is 3.64. The second kappa shape index (κ2) is 4.93. The van der Waals surface area contributed by atoms with Crippen LogP contribution >= 0.6 is 15.9 Å². The molecule has 0 spiro atoms. The zero-order valence-electron chi connectivity index (χ0n) is 9.50. The molecule has 0 aliphatic carbocycles. The van der Waals surface area contributed by atoms with Crippen molar-refractivity contribution < 1.29 is 27.9 Å². The van der Waals surface area contributed by atoms with Crippen molar-refractivity contribution >= 4 is 37.5 Å². The number of Topliss-reactive ketones (excluding diaryl/α,β-unsaturated/α-hetero) is 1. The lowest BCUT2D eigenvalue weighted by atomic mass is 10.1. The molecule has 0 atom stereocenters. The van der Waals surface area contributed by atoms with E-state index in [2.05, 4.69) is 15.9 Å². The molecule has 0 aromatic heterocycles. The number of carboxylic acid groups (broad SMARTS) is 1. The van der Waals surface area contributed by atoms with Gasteiger partial charge in [0.15, 0.2) is 9.84 Å². The van der Waals surface area contributed by atoms with E-state index in [0.29, 0.717) is 10.2 Å². The maximum absolute atomic E-state index is 11.2. The van der Waals surface area contributed by atoms with Crippen LogP contribution in [0.2, 0.25) is 0 Å². The number of halogens is 1. The Morgan fingerprint density at radius 1 is 1.32 bits per heavy atom. The maximum Gasteiger partial charge on any atom is 0.377 e. The second-order valence-corrected chi connectivity index (χ2v) is 7.10. The number of ketones is 1. The highest BCUT2D eigenvalue weighted by molar-refractivity contribution is 9.10. The second-order valence-electron chi connectivity index (χ2n) is 4.10. The van der Waals surface area contributed by atoms with Gasteiger partial charge >= 0.3 is 5.97 Å². The number of carboxylic acids is 1. The van der Waals surface area contributed by atoms with E-state index in [9.17, 15) is 18.0 Å². The maximum atomic E-state index is 11.2. The van der Waals surface area contributed by atoms with Crippen molar-refractivity contribution in [3.05, 3.63) is 28.2 Å². The zero-order chi connectivity index (χ0) is 14.2. The molecular formula is C11H9BrO6S. The molecule has 1 aromatic carbocycles. The minimum atomic E-state index is -2.97. The van der Waals surface area contributed by atoms with Crippen LogP contribution in [0, 0.1) is 0 Å². The Morgan fingerprint density at radius 3 is 2.42 bits per heavy atom. The Labute approximate surface area is 117 Å². The summed E-state index contributed by atoms with van der Waals surface area (Å²) in [6, 6.07) is 4.09. The van der Waals surface area contributed by atoms with Crippen LogP contribution in [-0.4, -0.2) is 42.9 Å². The van der Waals surface area contributed by atoms with Crippen LogP contribution in [0.3, 0.4) is 0 Å². The summed E-state index contributed by atoms with van der Waals surface area (Å²) in [6.07, 6.45) is -0.401. The van der Waals surface area contributed by atoms with Crippen LogP contribution in [0.5, 0.6) is 5.75 Å². The molecule has 19 heavy (non-hydrogen) atoms. The van der Waals surface area contributed by atoms with E-state index in [1.165, 1.54) is 18.2 Å². The van der Waals surface area contributed by atoms with Gasteiger partial charge in [0.1, 0.15) is 11.9 Å². The summed E-state index contributed by atoms with van der Waals surface area (Å²) in [5, 5.41) is 8.58. The van der Waals surface area contributed by atoms with Gasteiger partial charge in [0.2, 0.25) is 0 Å². The fourth-order valence-electron chi connectivity index (χ4n) is 1.63. The first-order valence-corrected chi connectivity index (χ1v) is 7.84. The molecule has 102 valence electrons. The number of ether oxygens (including phenoxy) is 1. The smallest absolute Gasteiger partial charge is 0.377 e. The summed E-state index contributed by atoms with van der Waals surface area (Å²) in [5.74, 6) is -2.24. The highest BCUT2D eigenvalue weighted by atomic mass is 79.9. The lowest BCUT2D eigenvalue weighted by molar-refractivity contribution is -0.131. The molecular weight excluding hydrogens is 340 g/mol. The molecule has 1 aliphatic heterocycles. The van der Waals surface area contributed by atoms with E-state index < -0.39 is 27.7 Å². The minimum absolute atomic E-state index is 0.0213. The highest BCUT2D eigenvalue weighted by Gasteiger charge is 2.35. The first-order chi connectivity index (χ1) is 8.78. The summed E-state index contributed by atoms with van der Waals surface area (Å²) >= 11 is 3.16. The van der Waals surface area contributed by atoms with Crippen LogP contribution in [0.25, 0.3) is 0 Å². The Morgan fingerprint density at radius 2 is 1.95 bits per heavy atom. The molecule has 1 aliphatic rings. The summed E-state index contributed by atoms with van der Waals surface area (Å²) < 4.78 is 27.8. The number of sulfone groups is 1. The summed E-state index contributed by atoms with van der Waals surface area (Å²) in [7, 11) is -2.97. The topological polar surface area (TPSA) is 97.7 Å². The molecule has 1 fully saturated rings. The molecule has 0 bridgehead atoms. The van der Waals surface area contributed by atoms with Gasteiger partial charge in [-0.25, -0.2) is 13.2 Å². The van der Waals surface area contributed by atoms with Gasteiger partial charge in [0, 0.05) is 5.56 Å². The molecule has 0 unspecified atom stereocenters. The lowest BCUT2D eigenvalue weighted by Crippen LogP contribution is -2.45. The summed E-state index contributed by atoms with van der Waals surface area (Å²) in [5.41, 5.74) is 0.0213. The number of carbonyl (C=O) groups is 2. The van der Waals surface area contributed by atoms with Gasteiger partial charge in [0.25, 0.3) is 5.78 Å². The van der Waals surface area contributed by atoms with Crippen LogP contribution in [0.15, 0.2) is 22.7 Å². The van der Waals surface area contributed by atoms with Crippen LogP contribution in [0.4, 0.5) is 0 Å². The molecule has 6 nitrogen and oxygen atoms in total. The Balaban J connectivity index is 2.12. The number of hydrogen-bond donors (Lipinski definition) is 1. The van der Waals surface area contributed by atoms with Gasteiger partial charge in [-0.3, -0.25) is 4.79 Å². The number of hydrogen-bond acceptors (Lipinski definition) is 5. The molecule has 0 amide bonds. The third kappa shape index (κ3) is 3.13. The molecule has 1 heterocycles. The predicted molar refractivity (Wildman–Crippen MR) is 69.2 cm³/mol. The van der Waals surface area contributed by atoms with E-state index in [4.69, 9.17) is 9.84 Å². The quantitative estimate of drug-likeness (QED) is 0.641. The highest BCUT2D eigenvalue weighted by Crippen LogP contribution is 2.29. The number of aliphatic carboxylic acids is 1. The van der Waals surface area contributed by atoms with Crippen molar-refractivity contribution in [2.45, 2.75) is 6.10 Å². The molecule has 0 radical (unpaired) electrons. The SMILES string of the molecule is O=C(O)C(=O)c1ccc(OC2CS(=O)(=O)C2)c(Br)c1. The Bertz CT molecular complexity index is 639. The number of carbonyl (C=O) groups excluding carboxylic acids is 1. The van der Waals surface area contributed by atoms with Gasteiger partial charge in [-0.1, -0.05) is 0 Å². The van der Waals surface area contributed by atoms with E-state index in [0.717, 1.165) is 0 Å². The van der Waals surface area contributed by atoms with E-state index in [1.54, 1.807) is 0 Å². The van der Waals surface area contributed by atoms with E-state index in [-0.39, 0.29) is 17.1 Å². The van der Waals surface area contributed by atoms with Gasteiger partial charge in [-0.2, -0.15) is 0 Å². The molecule has 8 heteroatoms. The van der Waals surface area contributed by atoms with Crippen LogP contribution in [0.1, 0.15) is 10.4 Å². The average Bonchev–Trinajstić information content (AvgIpc) is 2.28. The Hall–Kier alpha value is -1.41. The number of rotatable bonds is 4. The van der Waals surface area contributed by atoms with Gasteiger partial charge in [0.05, 0.1) is 16.0 Å². The van der Waals surface area contributed by atoms with Crippen LogP contribution in [-0.2, 0) is 14.6 Å². The third-order valence-corrected chi connectivity index (χ3v) is 4.94. The first kappa shape index (κ1) is 14.0. The van der Waals surface area contributed by atoms with Crippen molar-refractivity contribution in [2.75, 3.05) is 11.5 Å². The predicted octanol–water partition coefficient (Wildman–Crippen LogP) is 0.892. The standard InChI is InChI=1S/C11H9BrO6S/c12-8-3-6(10(13)11(14)15)1-2-9(8)18-7-4-19(16,17)5-7/h1-3,7H,4-5H2,(H,14,15). The lowest BCUT2D eigenvalue weighted by Gasteiger charge is -2.27. The van der Waals surface area contributed by atoms with E-state index >= 15 is 0 Å². The summed E-state index contributed by atoms with van der Waals surface area (Å²) in [4.78, 5) is 21.8. The van der Waals surface area contributed by atoms with E-state index in [1.807, 2.05) is 0 Å². The average molecular weight is 349 g/mol. The molecule has 0 saturated carbocycles. The van der Waals surface area contributed by atoms with Gasteiger partial charge < -0.3 is 9.84 Å². The molecule has 1 aromatic rings. The fourth-order valence-corrected chi connectivity index (χ4v) is 3.27. The third-order valence-electron chi connectivity index (χ3n) is 2.56. The fraction of sp³-hybridized carbons (Fsp3) is 0.273. The summed E-state index contributed by atoms with van der Waals surface area (Å²) in [6.45, 7) is 0. The van der Waals surface area contributed by atoms with Crippen molar-refractivity contribution in [3.63, 3.8) is 0 Å².